The molecule has 126 valence electrons. The van der Waals surface area contributed by atoms with E-state index in [1.54, 1.807) is 0 Å². The minimum atomic E-state index is -0.415. The van der Waals surface area contributed by atoms with E-state index in [0.717, 1.165) is 53.5 Å². The molecule has 0 unspecified atom stereocenters. The van der Waals surface area contributed by atoms with Gasteiger partial charge in [0.15, 0.2) is 0 Å². The number of nitrogens with zero attached hydrogens (tertiary/aromatic N) is 1. The van der Waals surface area contributed by atoms with Crippen LogP contribution in [0.15, 0.2) is 60.7 Å². The predicted octanol–water partition coefficient (Wildman–Crippen LogP) is 4.99. The lowest BCUT2D eigenvalue weighted by Crippen LogP contribution is -2.38. The number of aryl methyl sites for hydroxylation is 1. The molecule has 1 N–H and O–H groups in total. The van der Waals surface area contributed by atoms with Crippen LogP contribution in [0.4, 0.5) is 5.69 Å². The molecule has 0 atom stereocenters. The number of rotatable bonds is 3. The number of nitrogens with one attached hydrogen (secondary N) is 1. The van der Waals surface area contributed by atoms with Gasteiger partial charge in [-0.05, 0) is 49.6 Å². The van der Waals surface area contributed by atoms with Gasteiger partial charge in [-0.25, -0.2) is 0 Å². The molecule has 0 aliphatic heterocycles. The largest absolute Gasteiger partial charge is 0.325 e. The van der Waals surface area contributed by atoms with Gasteiger partial charge in [0.05, 0.1) is 16.6 Å². The van der Waals surface area contributed by atoms with Crippen molar-refractivity contribution in [3.8, 4) is 0 Å². The molecule has 1 aliphatic carbocycles. The number of aromatic nitrogens is 1. The van der Waals surface area contributed by atoms with Crippen LogP contribution in [0.5, 0.6) is 0 Å². The maximum atomic E-state index is 13.3. The third kappa shape index (κ3) is 2.80. The third-order valence-electron chi connectivity index (χ3n) is 5.34. The van der Waals surface area contributed by atoms with Crippen LogP contribution >= 0.6 is 0 Å². The monoisotopic (exact) mass is 330 g/mol. The molecule has 2 aromatic carbocycles. The van der Waals surface area contributed by atoms with Crippen LogP contribution in [-0.2, 0) is 10.2 Å². The third-order valence-corrected chi connectivity index (χ3v) is 5.34. The first-order valence-corrected chi connectivity index (χ1v) is 8.92. The summed E-state index contributed by atoms with van der Waals surface area (Å²) >= 11 is 0. The van der Waals surface area contributed by atoms with Gasteiger partial charge in [-0.2, -0.15) is 0 Å². The SMILES string of the molecule is Cc1ccc2c(NC(=O)C3(c4ccccc4)CCCC3)cccc2n1. The maximum Gasteiger partial charge on any atom is 0.235 e. The molecule has 3 heteroatoms. The normalized spacial score (nSPS) is 16.0. The summed E-state index contributed by atoms with van der Waals surface area (Å²) in [6.45, 7) is 1.98. The van der Waals surface area contributed by atoms with E-state index in [1.165, 1.54) is 0 Å². The maximum absolute atomic E-state index is 13.3. The minimum Gasteiger partial charge on any atom is -0.325 e. The van der Waals surface area contributed by atoms with Gasteiger partial charge in [-0.3, -0.25) is 9.78 Å². The molecule has 3 aromatic rings. The van der Waals surface area contributed by atoms with E-state index < -0.39 is 5.41 Å². The van der Waals surface area contributed by atoms with E-state index in [1.807, 2.05) is 55.5 Å². The van der Waals surface area contributed by atoms with Gasteiger partial charge in [-0.1, -0.05) is 49.2 Å². The molecule has 3 nitrogen and oxygen atoms in total. The van der Waals surface area contributed by atoms with E-state index in [-0.39, 0.29) is 5.91 Å². The Kier molecular flexibility index (Phi) is 4.00. The average Bonchev–Trinajstić information content (AvgIpc) is 3.13. The Morgan fingerprint density at radius 1 is 0.960 bits per heavy atom. The van der Waals surface area contributed by atoms with Crippen molar-refractivity contribution in [2.75, 3.05) is 5.32 Å². The first-order chi connectivity index (χ1) is 12.2. The fourth-order valence-corrected chi connectivity index (χ4v) is 3.99. The van der Waals surface area contributed by atoms with Gasteiger partial charge in [-0.15, -0.1) is 0 Å². The highest BCUT2D eigenvalue weighted by atomic mass is 16.2. The molecule has 0 radical (unpaired) electrons. The lowest BCUT2D eigenvalue weighted by molar-refractivity contribution is -0.121. The van der Waals surface area contributed by atoms with Crippen molar-refractivity contribution >= 4 is 22.5 Å². The number of hydrogen-bond acceptors (Lipinski definition) is 2. The van der Waals surface area contributed by atoms with Crippen LogP contribution in [0, 0.1) is 6.92 Å². The summed E-state index contributed by atoms with van der Waals surface area (Å²) in [5.74, 6) is 0.101. The first kappa shape index (κ1) is 15.8. The second kappa shape index (κ2) is 6.32. The summed E-state index contributed by atoms with van der Waals surface area (Å²) < 4.78 is 0. The fourth-order valence-electron chi connectivity index (χ4n) is 3.99. The van der Waals surface area contributed by atoms with Crippen molar-refractivity contribution < 1.29 is 4.79 Å². The summed E-state index contributed by atoms with van der Waals surface area (Å²) in [6, 6.07) is 20.1. The van der Waals surface area contributed by atoms with Gasteiger partial charge in [0.25, 0.3) is 0 Å². The van der Waals surface area contributed by atoms with Gasteiger partial charge < -0.3 is 5.32 Å². The van der Waals surface area contributed by atoms with Gasteiger partial charge in [0, 0.05) is 11.1 Å². The number of anilines is 1. The van der Waals surface area contributed by atoms with Crippen molar-refractivity contribution in [1.82, 2.24) is 4.98 Å². The van der Waals surface area contributed by atoms with E-state index >= 15 is 0 Å². The molecule has 1 aliphatic rings. The number of fused-ring (bicyclic) bond motifs is 1. The number of hydrogen-bond donors (Lipinski definition) is 1. The van der Waals surface area contributed by atoms with Crippen molar-refractivity contribution in [1.29, 1.82) is 0 Å². The standard InChI is InChI=1S/C22H22N2O/c1-16-12-13-18-19(23-16)10-7-11-20(18)24-21(25)22(14-5-6-15-22)17-8-3-2-4-9-17/h2-4,7-13H,5-6,14-15H2,1H3,(H,24,25). The van der Waals surface area contributed by atoms with E-state index in [2.05, 4.69) is 22.4 Å². The number of benzene rings is 2. The molecule has 1 amide bonds. The van der Waals surface area contributed by atoms with E-state index in [4.69, 9.17) is 0 Å². The molecule has 0 bridgehead atoms. The van der Waals surface area contributed by atoms with Gasteiger partial charge in [0.2, 0.25) is 5.91 Å². The smallest absolute Gasteiger partial charge is 0.235 e. The molecule has 25 heavy (non-hydrogen) atoms. The molecular formula is C22H22N2O. The lowest BCUT2D eigenvalue weighted by Gasteiger charge is -2.28. The zero-order valence-corrected chi connectivity index (χ0v) is 14.5. The highest BCUT2D eigenvalue weighted by Gasteiger charge is 2.42. The van der Waals surface area contributed by atoms with Crippen molar-refractivity contribution in [2.24, 2.45) is 0 Å². The molecule has 1 heterocycles. The number of pyridine rings is 1. The Balaban J connectivity index is 1.72. The molecule has 4 rings (SSSR count). The first-order valence-electron chi connectivity index (χ1n) is 8.92. The number of amides is 1. The molecule has 0 saturated heterocycles. The second-order valence-electron chi connectivity index (χ2n) is 6.93. The highest BCUT2D eigenvalue weighted by Crippen LogP contribution is 2.42. The van der Waals surface area contributed by atoms with Crippen molar-refractivity contribution in [3.63, 3.8) is 0 Å². The van der Waals surface area contributed by atoms with Gasteiger partial charge >= 0.3 is 0 Å². The molecule has 1 saturated carbocycles. The average molecular weight is 330 g/mol. The Morgan fingerprint density at radius 3 is 2.48 bits per heavy atom. The summed E-state index contributed by atoms with van der Waals surface area (Å²) in [5.41, 5.74) is 3.45. The predicted molar refractivity (Wildman–Crippen MR) is 102 cm³/mol. The molecule has 1 aromatic heterocycles. The Morgan fingerprint density at radius 2 is 1.72 bits per heavy atom. The highest BCUT2D eigenvalue weighted by molar-refractivity contribution is 6.05. The van der Waals surface area contributed by atoms with E-state index in [0.29, 0.717) is 0 Å². The Bertz CT molecular complexity index is 912. The summed E-state index contributed by atoms with van der Waals surface area (Å²) in [7, 11) is 0. The van der Waals surface area contributed by atoms with Crippen molar-refractivity contribution in [3.05, 3.63) is 71.9 Å². The molecular weight excluding hydrogens is 308 g/mol. The summed E-state index contributed by atoms with van der Waals surface area (Å²) in [5, 5.41) is 4.20. The summed E-state index contributed by atoms with van der Waals surface area (Å²) in [4.78, 5) is 17.9. The van der Waals surface area contributed by atoms with Crippen LogP contribution in [0.3, 0.4) is 0 Å². The number of carbonyl (C=O) groups excluding carboxylic acids is 1. The topological polar surface area (TPSA) is 42.0 Å². The Hall–Kier alpha value is -2.68. The van der Waals surface area contributed by atoms with Crippen LogP contribution in [0.25, 0.3) is 10.9 Å². The van der Waals surface area contributed by atoms with Crippen LogP contribution in [0.2, 0.25) is 0 Å². The van der Waals surface area contributed by atoms with Crippen LogP contribution in [-0.4, -0.2) is 10.9 Å². The van der Waals surface area contributed by atoms with Crippen molar-refractivity contribution in [2.45, 2.75) is 38.0 Å². The lowest BCUT2D eigenvalue weighted by atomic mass is 9.78. The molecule has 0 spiro atoms. The second-order valence-corrected chi connectivity index (χ2v) is 6.93. The van der Waals surface area contributed by atoms with E-state index in [9.17, 15) is 4.79 Å². The van der Waals surface area contributed by atoms with Crippen LogP contribution in [0.1, 0.15) is 36.9 Å². The number of carbonyl (C=O) groups is 1. The zero-order chi connectivity index (χ0) is 17.3. The minimum absolute atomic E-state index is 0.101. The zero-order valence-electron chi connectivity index (χ0n) is 14.5. The fraction of sp³-hybridized carbons (Fsp3) is 0.273. The quantitative estimate of drug-likeness (QED) is 0.735. The summed E-state index contributed by atoms with van der Waals surface area (Å²) in [6.07, 6.45) is 4.01. The Labute approximate surface area is 148 Å². The van der Waals surface area contributed by atoms with Gasteiger partial charge in [0.1, 0.15) is 0 Å². The van der Waals surface area contributed by atoms with Crippen LogP contribution < -0.4 is 5.32 Å². The molecule has 1 fully saturated rings.